The molecule has 0 aliphatic carbocycles. The summed E-state index contributed by atoms with van der Waals surface area (Å²) in [6.45, 7) is 1.99. The number of nitrogens with zero attached hydrogens (tertiary/aromatic N) is 2. The number of ether oxygens (including phenoxy) is 2. The molecule has 1 aliphatic heterocycles. The van der Waals surface area contributed by atoms with Crippen LogP contribution in [-0.2, 0) is 9.53 Å². The van der Waals surface area contributed by atoms with Crippen molar-refractivity contribution >= 4 is 11.6 Å². The Hall–Kier alpha value is -2.29. The van der Waals surface area contributed by atoms with Crippen LogP contribution in [0.25, 0.3) is 0 Å². The molecule has 0 bridgehead atoms. The fraction of sp³-hybridized carbons (Fsp3) is 0.588. The number of rotatable bonds is 9. The zero-order valence-electron chi connectivity index (χ0n) is 15.4. The van der Waals surface area contributed by atoms with E-state index < -0.39 is 18.2 Å². The first-order valence-corrected chi connectivity index (χ1v) is 8.78. The minimum atomic E-state index is -0.878. The molecule has 2 heterocycles. The van der Waals surface area contributed by atoms with Gasteiger partial charge in [0.05, 0.1) is 37.1 Å². The number of anilines is 1. The van der Waals surface area contributed by atoms with Gasteiger partial charge in [0.1, 0.15) is 18.0 Å². The fourth-order valence-electron chi connectivity index (χ4n) is 2.86. The number of hydrogen-bond donors (Lipinski definition) is 5. The van der Waals surface area contributed by atoms with Crippen LogP contribution in [0.3, 0.4) is 0 Å². The Morgan fingerprint density at radius 1 is 1.44 bits per heavy atom. The highest BCUT2D eigenvalue weighted by atomic mass is 16.5. The quantitative estimate of drug-likeness (QED) is 0.267. The second-order valence-corrected chi connectivity index (χ2v) is 6.33. The molecule has 1 aliphatic rings. The highest BCUT2D eigenvalue weighted by Gasteiger charge is 2.35. The fourth-order valence-corrected chi connectivity index (χ4v) is 2.86. The second-order valence-electron chi connectivity index (χ2n) is 6.33. The van der Waals surface area contributed by atoms with Crippen LogP contribution in [0.1, 0.15) is 6.42 Å². The third kappa shape index (κ3) is 6.13. The monoisotopic (exact) mass is 377 g/mol. The van der Waals surface area contributed by atoms with Gasteiger partial charge in [-0.2, -0.15) is 5.26 Å². The van der Waals surface area contributed by atoms with Crippen LogP contribution in [0.15, 0.2) is 18.5 Å². The number of carbonyl (C=O) groups is 1. The minimum absolute atomic E-state index is 0.183. The normalized spacial score (nSPS) is 20.7. The van der Waals surface area contributed by atoms with Gasteiger partial charge in [-0.05, 0) is 5.92 Å². The van der Waals surface area contributed by atoms with Crippen molar-refractivity contribution in [3.8, 4) is 11.8 Å². The molecular weight excluding hydrogens is 350 g/mol. The van der Waals surface area contributed by atoms with Crippen LogP contribution < -0.4 is 32.2 Å². The number of methoxy groups -OCH3 is 1. The zero-order chi connectivity index (χ0) is 19.6. The molecule has 27 heavy (non-hydrogen) atoms. The number of nitriles is 1. The van der Waals surface area contributed by atoms with Crippen molar-refractivity contribution in [2.24, 2.45) is 23.3 Å². The maximum atomic E-state index is 12.8. The number of pyridine rings is 1. The summed E-state index contributed by atoms with van der Waals surface area (Å²) in [6.07, 6.45) is 2.25. The van der Waals surface area contributed by atoms with Crippen molar-refractivity contribution < 1.29 is 14.3 Å². The molecular formula is C17H27N7O3. The SMILES string of the molecule is COCCOc1ccncc1NC(=O)C(C(N)N)C1NCC(CC#N)CN1. The maximum Gasteiger partial charge on any atom is 0.233 e. The molecule has 1 aromatic heterocycles. The van der Waals surface area contributed by atoms with Gasteiger partial charge in [0.25, 0.3) is 0 Å². The number of aromatic nitrogens is 1. The molecule has 0 radical (unpaired) electrons. The van der Waals surface area contributed by atoms with E-state index in [1.54, 1.807) is 19.4 Å². The molecule has 2 rings (SSSR count). The van der Waals surface area contributed by atoms with E-state index in [2.05, 4.69) is 27.0 Å². The number of nitrogens with one attached hydrogen (secondary N) is 3. The van der Waals surface area contributed by atoms with Crippen LogP contribution in [0.2, 0.25) is 0 Å². The zero-order valence-corrected chi connectivity index (χ0v) is 15.4. The molecule has 10 heteroatoms. The van der Waals surface area contributed by atoms with Gasteiger partial charge in [-0.15, -0.1) is 0 Å². The van der Waals surface area contributed by atoms with E-state index in [1.165, 1.54) is 6.20 Å². The van der Waals surface area contributed by atoms with Crippen molar-refractivity contribution in [2.75, 3.05) is 38.7 Å². The molecule has 0 aromatic carbocycles. The lowest BCUT2D eigenvalue weighted by atomic mass is 9.96. The number of carbonyl (C=O) groups excluding carboxylic acids is 1. The number of amides is 1. The molecule has 1 amide bonds. The Morgan fingerprint density at radius 3 is 2.81 bits per heavy atom. The third-order valence-corrected chi connectivity index (χ3v) is 4.29. The van der Waals surface area contributed by atoms with Crippen LogP contribution >= 0.6 is 0 Å². The summed E-state index contributed by atoms with van der Waals surface area (Å²) in [5.41, 5.74) is 12.2. The van der Waals surface area contributed by atoms with E-state index in [0.717, 1.165) is 0 Å². The molecule has 0 saturated carbocycles. The Bertz CT molecular complexity index is 642. The highest BCUT2D eigenvalue weighted by Crippen LogP contribution is 2.24. The molecule has 10 nitrogen and oxygen atoms in total. The molecule has 1 saturated heterocycles. The predicted molar refractivity (Wildman–Crippen MR) is 99.4 cm³/mol. The molecule has 1 unspecified atom stereocenters. The summed E-state index contributed by atoms with van der Waals surface area (Å²) in [7, 11) is 1.58. The van der Waals surface area contributed by atoms with Gasteiger partial charge in [0, 0.05) is 38.9 Å². The van der Waals surface area contributed by atoms with Crippen molar-refractivity contribution in [3.63, 3.8) is 0 Å². The average Bonchev–Trinajstić information content (AvgIpc) is 2.65. The largest absolute Gasteiger partial charge is 0.489 e. The lowest BCUT2D eigenvalue weighted by molar-refractivity contribution is -0.122. The van der Waals surface area contributed by atoms with E-state index >= 15 is 0 Å². The van der Waals surface area contributed by atoms with Crippen molar-refractivity contribution in [3.05, 3.63) is 18.5 Å². The Balaban J connectivity index is 2.03. The minimum Gasteiger partial charge on any atom is -0.489 e. The standard InChI is InChI=1S/C17H27N7O3/c1-26-6-7-27-13-3-5-21-10-12(13)24-17(25)14(15(19)20)16-22-8-11(2-4-18)9-23-16/h3,5,10-11,14-16,22-23H,2,6-9,19-20H2,1H3,(H,24,25). The van der Waals surface area contributed by atoms with Crippen molar-refractivity contribution in [2.45, 2.75) is 18.8 Å². The van der Waals surface area contributed by atoms with Gasteiger partial charge in [-0.3, -0.25) is 9.78 Å². The number of hydrogen-bond acceptors (Lipinski definition) is 9. The van der Waals surface area contributed by atoms with Gasteiger partial charge in [0.15, 0.2) is 0 Å². The van der Waals surface area contributed by atoms with E-state index in [9.17, 15) is 4.79 Å². The van der Waals surface area contributed by atoms with E-state index in [-0.39, 0.29) is 11.8 Å². The number of nitrogens with two attached hydrogens (primary N) is 2. The average molecular weight is 377 g/mol. The summed E-state index contributed by atoms with van der Waals surface area (Å²) in [4.78, 5) is 16.9. The molecule has 7 N–H and O–H groups in total. The molecule has 1 atom stereocenters. The van der Waals surface area contributed by atoms with Gasteiger partial charge in [-0.1, -0.05) is 0 Å². The van der Waals surface area contributed by atoms with E-state index in [1.807, 2.05) is 0 Å². The van der Waals surface area contributed by atoms with Gasteiger partial charge in [0.2, 0.25) is 5.91 Å². The van der Waals surface area contributed by atoms with Crippen LogP contribution in [0.5, 0.6) is 5.75 Å². The van der Waals surface area contributed by atoms with E-state index in [4.69, 9.17) is 26.2 Å². The lowest BCUT2D eigenvalue weighted by Crippen LogP contribution is -2.63. The van der Waals surface area contributed by atoms with Gasteiger partial charge < -0.3 is 36.9 Å². The Morgan fingerprint density at radius 2 is 2.19 bits per heavy atom. The summed E-state index contributed by atoms with van der Waals surface area (Å²) >= 11 is 0. The molecule has 1 fully saturated rings. The first kappa shape index (κ1) is 21.0. The highest BCUT2D eigenvalue weighted by molar-refractivity contribution is 5.94. The van der Waals surface area contributed by atoms with Crippen LogP contribution in [0.4, 0.5) is 5.69 Å². The second kappa shape index (κ2) is 10.8. The van der Waals surface area contributed by atoms with Crippen molar-refractivity contribution in [1.82, 2.24) is 15.6 Å². The predicted octanol–water partition coefficient (Wildman–Crippen LogP) is -1.05. The summed E-state index contributed by atoms with van der Waals surface area (Å²) < 4.78 is 10.6. The Kier molecular flexibility index (Phi) is 8.38. The molecule has 148 valence electrons. The van der Waals surface area contributed by atoms with Crippen molar-refractivity contribution in [1.29, 1.82) is 5.26 Å². The Labute approximate surface area is 158 Å². The summed E-state index contributed by atoms with van der Waals surface area (Å²) in [5.74, 6) is -0.403. The molecule has 0 spiro atoms. The third-order valence-electron chi connectivity index (χ3n) is 4.29. The van der Waals surface area contributed by atoms with Gasteiger partial charge >= 0.3 is 0 Å². The topological polar surface area (TPSA) is 160 Å². The first-order chi connectivity index (χ1) is 13.1. The first-order valence-electron chi connectivity index (χ1n) is 8.78. The van der Waals surface area contributed by atoms with Crippen LogP contribution in [-0.4, -0.2) is 56.6 Å². The van der Waals surface area contributed by atoms with Crippen LogP contribution in [0, 0.1) is 23.2 Å². The summed E-state index contributed by atoms with van der Waals surface area (Å²) in [6, 6.07) is 3.81. The van der Waals surface area contributed by atoms with E-state index in [0.29, 0.717) is 44.2 Å². The van der Waals surface area contributed by atoms with Gasteiger partial charge in [-0.25, -0.2) is 0 Å². The maximum absolute atomic E-state index is 12.8. The smallest absolute Gasteiger partial charge is 0.233 e. The summed E-state index contributed by atoms with van der Waals surface area (Å²) in [5, 5.41) is 18.0. The molecule has 1 aromatic rings. The lowest BCUT2D eigenvalue weighted by Gasteiger charge is -2.36.